The Bertz CT molecular complexity index is 1640. The summed E-state index contributed by atoms with van der Waals surface area (Å²) in [6.07, 6.45) is 5.78. The number of imidazole rings is 1. The van der Waals surface area contributed by atoms with E-state index < -0.39 is 18.2 Å². The lowest BCUT2D eigenvalue weighted by molar-refractivity contribution is 0.102. The number of methoxy groups -OCH3 is 2. The molecular formula is C33H35N3O7. The van der Waals surface area contributed by atoms with Crippen LogP contribution in [0.1, 0.15) is 60.3 Å². The van der Waals surface area contributed by atoms with Crippen LogP contribution in [0.5, 0.6) is 11.5 Å². The van der Waals surface area contributed by atoms with E-state index in [1.807, 2.05) is 30.3 Å². The van der Waals surface area contributed by atoms with Gasteiger partial charge in [-0.05, 0) is 36.1 Å². The number of benzene rings is 3. The Morgan fingerprint density at radius 1 is 0.884 bits per heavy atom. The van der Waals surface area contributed by atoms with E-state index in [1.54, 1.807) is 6.92 Å². The molecule has 1 aliphatic rings. The number of anilines is 1. The third kappa shape index (κ3) is 7.14. The van der Waals surface area contributed by atoms with Gasteiger partial charge in [0.05, 0.1) is 19.9 Å². The number of aromatic nitrogens is 2. The Kier molecular flexibility index (Phi) is 9.24. The largest absolute Gasteiger partial charge is 0.513 e. The zero-order valence-electron chi connectivity index (χ0n) is 24.5. The van der Waals surface area contributed by atoms with Crippen LogP contribution >= 0.6 is 0 Å². The van der Waals surface area contributed by atoms with Gasteiger partial charge in [-0.25, -0.2) is 14.6 Å². The standard InChI is InChI=1S/C33H35N3O7/c1-20-26(18-25(42-32(38)40-2)19-28(20)43-33(39)41-3)35-31(37)29-27(16-21-10-6-4-5-7-11-21)34-30(36-29)24-15-14-22-12-8-9-13-23(22)17-24/h8-9,12-15,17-19,21H,4-7,10-11,16H2,1-3H3,(H,34,36)(H,35,37). The van der Waals surface area contributed by atoms with Gasteiger partial charge in [-0.1, -0.05) is 74.9 Å². The second-order valence-corrected chi connectivity index (χ2v) is 10.7. The van der Waals surface area contributed by atoms with E-state index in [9.17, 15) is 14.4 Å². The molecule has 0 radical (unpaired) electrons. The number of fused-ring (bicyclic) bond motifs is 1. The van der Waals surface area contributed by atoms with Gasteiger partial charge in [-0.15, -0.1) is 0 Å². The molecule has 1 heterocycles. The molecule has 10 heteroatoms. The van der Waals surface area contributed by atoms with Gasteiger partial charge in [0.15, 0.2) is 0 Å². The minimum atomic E-state index is -0.969. The van der Waals surface area contributed by atoms with Crippen LogP contribution in [0.4, 0.5) is 15.3 Å². The summed E-state index contributed by atoms with van der Waals surface area (Å²) in [7, 11) is 2.35. The number of H-pyrrole nitrogens is 1. The maximum absolute atomic E-state index is 13.9. The Morgan fingerprint density at radius 3 is 2.30 bits per heavy atom. The number of carbonyl (C=O) groups excluding carboxylic acids is 3. The van der Waals surface area contributed by atoms with Crippen molar-refractivity contribution in [3.05, 3.63) is 71.5 Å². The van der Waals surface area contributed by atoms with Crippen LogP contribution in [-0.2, 0) is 15.9 Å². The van der Waals surface area contributed by atoms with Gasteiger partial charge < -0.3 is 29.2 Å². The summed E-state index contributed by atoms with van der Waals surface area (Å²) in [5, 5.41) is 5.08. The second kappa shape index (κ2) is 13.4. The number of nitrogens with zero attached hydrogens (tertiary/aromatic N) is 1. The van der Waals surface area contributed by atoms with Gasteiger partial charge in [0.1, 0.15) is 23.0 Å². The van der Waals surface area contributed by atoms with Crippen LogP contribution in [0.15, 0.2) is 54.6 Å². The molecule has 10 nitrogen and oxygen atoms in total. The van der Waals surface area contributed by atoms with Crippen molar-refractivity contribution in [2.24, 2.45) is 5.92 Å². The number of hydrogen-bond acceptors (Lipinski definition) is 8. The molecule has 1 aromatic heterocycles. The average molecular weight is 586 g/mol. The van der Waals surface area contributed by atoms with E-state index in [1.165, 1.54) is 52.0 Å². The first-order chi connectivity index (χ1) is 20.8. The topological polar surface area (TPSA) is 129 Å². The molecule has 1 aliphatic carbocycles. The lowest BCUT2D eigenvalue weighted by Crippen LogP contribution is -2.18. The van der Waals surface area contributed by atoms with Crippen molar-refractivity contribution in [1.29, 1.82) is 0 Å². The van der Waals surface area contributed by atoms with Crippen LogP contribution in [-0.4, -0.2) is 42.4 Å². The first-order valence-corrected chi connectivity index (χ1v) is 14.4. The van der Waals surface area contributed by atoms with Crippen LogP contribution in [0.25, 0.3) is 22.2 Å². The molecular weight excluding hydrogens is 550 g/mol. The zero-order valence-corrected chi connectivity index (χ0v) is 24.5. The molecule has 0 spiro atoms. The van der Waals surface area contributed by atoms with Crippen LogP contribution in [0.2, 0.25) is 0 Å². The molecule has 3 aromatic carbocycles. The van der Waals surface area contributed by atoms with Crippen molar-refractivity contribution >= 4 is 34.7 Å². The Hall–Kier alpha value is -4.86. The third-order valence-electron chi connectivity index (χ3n) is 7.79. The van der Waals surface area contributed by atoms with E-state index in [-0.39, 0.29) is 22.9 Å². The molecule has 1 fully saturated rings. The highest BCUT2D eigenvalue weighted by Gasteiger charge is 2.24. The number of rotatable bonds is 7. The molecule has 224 valence electrons. The molecule has 0 unspecified atom stereocenters. The Balaban J connectivity index is 1.51. The highest BCUT2D eigenvalue weighted by molar-refractivity contribution is 6.05. The molecule has 0 bridgehead atoms. The fraction of sp³-hybridized carbons (Fsp3) is 0.333. The molecule has 0 atom stereocenters. The van der Waals surface area contributed by atoms with E-state index >= 15 is 0 Å². The lowest BCUT2D eigenvalue weighted by atomic mass is 9.94. The van der Waals surface area contributed by atoms with Crippen molar-refractivity contribution < 1.29 is 33.3 Å². The van der Waals surface area contributed by atoms with Gasteiger partial charge in [-0.3, -0.25) is 4.79 Å². The molecule has 2 N–H and O–H groups in total. The number of aromatic amines is 1. The molecule has 5 rings (SSSR count). The third-order valence-corrected chi connectivity index (χ3v) is 7.79. The van der Waals surface area contributed by atoms with Crippen molar-refractivity contribution in [2.45, 2.75) is 51.9 Å². The van der Waals surface area contributed by atoms with Gasteiger partial charge in [0.2, 0.25) is 0 Å². The predicted octanol–water partition coefficient (Wildman–Crippen LogP) is 7.59. The number of ether oxygens (including phenoxy) is 4. The average Bonchev–Trinajstić information content (AvgIpc) is 3.26. The molecule has 1 saturated carbocycles. The minimum Gasteiger partial charge on any atom is -0.437 e. The van der Waals surface area contributed by atoms with Crippen LogP contribution in [0.3, 0.4) is 0 Å². The zero-order chi connectivity index (χ0) is 30.3. The first-order valence-electron chi connectivity index (χ1n) is 14.4. The van der Waals surface area contributed by atoms with Gasteiger partial charge in [0, 0.05) is 29.0 Å². The fourth-order valence-electron chi connectivity index (χ4n) is 5.48. The number of hydrogen-bond donors (Lipinski definition) is 2. The summed E-state index contributed by atoms with van der Waals surface area (Å²) in [6.45, 7) is 1.66. The van der Waals surface area contributed by atoms with Gasteiger partial charge in [0.25, 0.3) is 5.91 Å². The van der Waals surface area contributed by atoms with E-state index in [2.05, 4.69) is 31.9 Å². The van der Waals surface area contributed by atoms with Crippen molar-refractivity contribution in [3.8, 4) is 22.9 Å². The predicted molar refractivity (Wildman–Crippen MR) is 162 cm³/mol. The first kappa shape index (κ1) is 29.6. The normalized spacial score (nSPS) is 13.7. The molecule has 0 saturated heterocycles. The maximum atomic E-state index is 13.9. The number of nitrogens with one attached hydrogen (secondary N) is 2. The quantitative estimate of drug-likeness (QED) is 0.129. The van der Waals surface area contributed by atoms with Crippen molar-refractivity contribution in [3.63, 3.8) is 0 Å². The fourth-order valence-corrected chi connectivity index (χ4v) is 5.48. The summed E-state index contributed by atoms with van der Waals surface area (Å²) in [6, 6.07) is 17.0. The summed E-state index contributed by atoms with van der Waals surface area (Å²) in [5.41, 5.74) is 2.60. The lowest BCUT2D eigenvalue weighted by Gasteiger charge is -2.15. The summed E-state index contributed by atoms with van der Waals surface area (Å²) < 4.78 is 19.6. The number of amides is 1. The van der Waals surface area contributed by atoms with Crippen LogP contribution in [0, 0.1) is 12.8 Å². The van der Waals surface area contributed by atoms with Gasteiger partial charge in [-0.2, -0.15) is 0 Å². The number of carbonyl (C=O) groups is 3. The Labute approximate surface area is 249 Å². The second-order valence-electron chi connectivity index (χ2n) is 10.7. The smallest absolute Gasteiger partial charge is 0.437 e. The maximum Gasteiger partial charge on any atom is 0.513 e. The molecule has 0 aliphatic heterocycles. The minimum absolute atomic E-state index is 0.00390. The highest BCUT2D eigenvalue weighted by atomic mass is 16.7. The van der Waals surface area contributed by atoms with Crippen molar-refractivity contribution in [1.82, 2.24) is 9.97 Å². The van der Waals surface area contributed by atoms with Gasteiger partial charge >= 0.3 is 12.3 Å². The van der Waals surface area contributed by atoms with Crippen LogP contribution < -0.4 is 14.8 Å². The summed E-state index contributed by atoms with van der Waals surface area (Å²) in [5.74, 6) is 0.644. The molecule has 43 heavy (non-hydrogen) atoms. The monoisotopic (exact) mass is 585 g/mol. The summed E-state index contributed by atoms with van der Waals surface area (Å²) >= 11 is 0. The van der Waals surface area contributed by atoms with E-state index in [0.717, 1.165) is 34.9 Å². The van der Waals surface area contributed by atoms with E-state index in [0.29, 0.717) is 23.7 Å². The van der Waals surface area contributed by atoms with Crippen molar-refractivity contribution in [2.75, 3.05) is 19.5 Å². The molecule has 4 aromatic rings. The summed E-state index contributed by atoms with van der Waals surface area (Å²) in [4.78, 5) is 45.8. The highest BCUT2D eigenvalue weighted by Crippen LogP contribution is 2.34. The Morgan fingerprint density at radius 2 is 1.58 bits per heavy atom. The molecule has 1 amide bonds. The van der Waals surface area contributed by atoms with E-state index in [4.69, 9.17) is 14.5 Å². The SMILES string of the molecule is COC(=O)Oc1cc(NC(=O)c2nc(-c3ccc4ccccc4c3)[nH]c2CC2CCCCCC2)c(C)c(OC(=O)OC)c1.